The van der Waals surface area contributed by atoms with Gasteiger partial charge in [-0.2, -0.15) is 0 Å². The highest BCUT2D eigenvalue weighted by Gasteiger charge is 2.40. The number of hydrogen-bond donors (Lipinski definition) is 2. The number of rotatable bonds is 4. The minimum absolute atomic E-state index is 0.179. The highest BCUT2D eigenvalue weighted by atomic mass is 32.1. The van der Waals surface area contributed by atoms with Crippen LogP contribution in [0.3, 0.4) is 0 Å². The van der Waals surface area contributed by atoms with Gasteiger partial charge in [-0.15, -0.1) is 11.3 Å². The highest BCUT2D eigenvalue weighted by Crippen LogP contribution is 2.44. The van der Waals surface area contributed by atoms with Gasteiger partial charge in [0.2, 0.25) is 0 Å². The Labute approximate surface area is 166 Å². The Morgan fingerprint density at radius 2 is 2.18 bits per heavy atom. The van der Waals surface area contributed by atoms with Crippen LogP contribution in [-0.4, -0.2) is 29.2 Å². The number of benzene rings is 1. The van der Waals surface area contributed by atoms with Gasteiger partial charge >= 0.3 is 5.69 Å². The summed E-state index contributed by atoms with van der Waals surface area (Å²) in [4.78, 5) is 27.8. The average molecular weight is 398 g/mol. The van der Waals surface area contributed by atoms with Crippen LogP contribution >= 0.6 is 11.3 Å². The van der Waals surface area contributed by atoms with Crippen molar-refractivity contribution in [2.24, 2.45) is 5.92 Å². The van der Waals surface area contributed by atoms with Crippen molar-refractivity contribution in [1.82, 2.24) is 14.9 Å². The maximum absolute atomic E-state index is 12.7. The first-order chi connectivity index (χ1) is 13.7. The topological polar surface area (TPSA) is 76.1 Å². The van der Waals surface area contributed by atoms with Gasteiger partial charge in [0.15, 0.2) is 0 Å². The standard InChI is InChI=1S/C21H23N3O3S/c1-27-18-4-2-3-12-14(18)6-5-13-15(12)11-22-16(13)7-9-24-20(25)19-17(8-10-28-19)23-21(24)26/h2-4,8,10,13,15-16,22H,5-7,9,11H2,1H3,(H,23,26)/t13-,15-,16?/m0/s1. The molecule has 7 heteroatoms. The van der Waals surface area contributed by atoms with E-state index in [0.717, 1.165) is 31.6 Å². The van der Waals surface area contributed by atoms with Gasteiger partial charge in [0.25, 0.3) is 5.56 Å². The number of aromatic amines is 1. The Morgan fingerprint density at radius 1 is 1.29 bits per heavy atom. The zero-order chi connectivity index (χ0) is 19.3. The molecule has 0 bridgehead atoms. The van der Waals surface area contributed by atoms with Gasteiger partial charge in [-0.05, 0) is 53.8 Å². The third-order valence-corrected chi connectivity index (χ3v) is 7.31. The normalized spacial score (nSPS) is 23.5. The number of thiophene rings is 1. The van der Waals surface area contributed by atoms with E-state index in [0.29, 0.717) is 34.6 Å². The monoisotopic (exact) mass is 397 g/mol. The second kappa shape index (κ2) is 6.90. The van der Waals surface area contributed by atoms with Crippen LogP contribution < -0.4 is 21.3 Å². The van der Waals surface area contributed by atoms with Crippen LogP contribution in [0.4, 0.5) is 0 Å². The Morgan fingerprint density at radius 3 is 3.04 bits per heavy atom. The molecule has 1 aliphatic carbocycles. The van der Waals surface area contributed by atoms with Gasteiger partial charge in [0.05, 0.1) is 12.6 Å². The molecule has 0 spiro atoms. The molecule has 28 heavy (non-hydrogen) atoms. The minimum Gasteiger partial charge on any atom is -0.496 e. The largest absolute Gasteiger partial charge is 0.496 e. The number of ether oxygens (including phenoxy) is 1. The van der Waals surface area contributed by atoms with Crippen LogP contribution in [-0.2, 0) is 13.0 Å². The number of aromatic nitrogens is 2. The molecule has 1 aliphatic heterocycles. The summed E-state index contributed by atoms with van der Waals surface area (Å²) in [5, 5.41) is 5.49. The van der Waals surface area contributed by atoms with E-state index in [1.54, 1.807) is 13.2 Å². The first-order valence-corrected chi connectivity index (χ1v) is 10.6. The summed E-state index contributed by atoms with van der Waals surface area (Å²) in [6, 6.07) is 8.43. The molecule has 1 unspecified atom stereocenters. The third-order valence-electron chi connectivity index (χ3n) is 6.41. The molecule has 146 valence electrons. The Hall–Kier alpha value is -2.38. The van der Waals surface area contributed by atoms with Crippen molar-refractivity contribution in [3.05, 3.63) is 61.6 Å². The van der Waals surface area contributed by atoms with Crippen molar-refractivity contribution in [3.8, 4) is 5.75 Å². The van der Waals surface area contributed by atoms with Crippen LogP contribution in [0.5, 0.6) is 5.75 Å². The van der Waals surface area contributed by atoms with Gasteiger partial charge < -0.3 is 15.0 Å². The zero-order valence-electron chi connectivity index (χ0n) is 15.7. The van der Waals surface area contributed by atoms with E-state index in [1.807, 2.05) is 11.4 Å². The maximum atomic E-state index is 12.7. The molecule has 2 aromatic heterocycles. The molecule has 0 saturated carbocycles. The predicted octanol–water partition coefficient (Wildman–Crippen LogP) is 2.47. The molecule has 1 aromatic carbocycles. The van der Waals surface area contributed by atoms with Crippen LogP contribution in [0.1, 0.15) is 29.9 Å². The van der Waals surface area contributed by atoms with E-state index in [-0.39, 0.29) is 11.2 Å². The molecule has 3 aromatic rings. The van der Waals surface area contributed by atoms with E-state index in [1.165, 1.54) is 27.0 Å². The first kappa shape index (κ1) is 17.7. The van der Waals surface area contributed by atoms with Crippen molar-refractivity contribution >= 4 is 21.6 Å². The molecule has 0 radical (unpaired) electrons. The van der Waals surface area contributed by atoms with E-state index in [4.69, 9.17) is 4.74 Å². The molecular weight excluding hydrogens is 374 g/mol. The fourth-order valence-corrected chi connectivity index (χ4v) is 5.86. The number of fused-ring (bicyclic) bond motifs is 4. The molecule has 0 amide bonds. The third kappa shape index (κ3) is 2.72. The predicted molar refractivity (Wildman–Crippen MR) is 111 cm³/mol. The SMILES string of the molecule is COc1cccc2c1CC[C@@H]1C(CCn3c(=O)[nH]c4ccsc4c3=O)NC[C@@H]21. The molecule has 3 heterocycles. The minimum atomic E-state index is -0.316. The van der Waals surface area contributed by atoms with Gasteiger partial charge in [-0.25, -0.2) is 4.79 Å². The van der Waals surface area contributed by atoms with Crippen molar-refractivity contribution in [2.45, 2.75) is 37.8 Å². The van der Waals surface area contributed by atoms with E-state index < -0.39 is 0 Å². The fraction of sp³-hybridized carbons (Fsp3) is 0.429. The molecule has 2 N–H and O–H groups in total. The van der Waals surface area contributed by atoms with Crippen molar-refractivity contribution < 1.29 is 4.74 Å². The molecule has 3 atom stereocenters. The summed E-state index contributed by atoms with van der Waals surface area (Å²) < 4.78 is 7.53. The Balaban J connectivity index is 1.37. The number of methoxy groups -OCH3 is 1. The highest BCUT2D eigenvalue weighted by molar-refractivity contribution is 7.17. The second-order valence-electron chi connectivity index (χ2n) is 7.69. The molecule has 6 nitrogen and oxygen atoms in total. The average Bonchev–Trinajstić information content (AvgIpc) is 3.34. The van der Waals surface area contributed by atoms with Gasteiger partial charge in [0, 0.05) is 25.0 Å². The lowest BCUT2D eigenvalue weighted by molar-refractivity contribution is 0.337. The lowest BCUT2D eigenvalue weighted by Gasteiger charge is -2.31. The van der Waals surface area contributed by atoms with Crippen LogP contribution in [0.2, 0.25) is 0 Å². The summed E-state index contributed by atoms with van der Waals surface area (Å²) in [5.41, 5.74) is 2.87. The van der Waals surface area contributed by atoms with Gasteiger partial charge in [0.1, 0.15) is 10.4 Å². The summed E-state index contributed by atoms with van der Waals surface area (Å²) >= 11 is 1.38. The quantitative estimate of drug-likeness (QED) is 0.709. The summed E-state index contributed by atoms with van der Waals surface area (Å²) in [7, 11) is 1.73. The van der Waals surface area contributed by atoms with Crippen molar-refractivity contribution in [2.75, 3.05) is 13.7 Å². The van der Waals surface area contributed by atoms with Gasteiger partial charge in [-0.3, -0.25) is 9.36 Å². The summed E-state index contributed by atoms with van der Waals surface area (Å²) in [5.74, 6) is 1.99. The maximum Gasteiger partial charge on any atom is 0.328 e. The lowest BCUT2D eigenvalue weighted by Crippen LogP contribution is -2.38. The fourth-order valence-electron chi connectivity index (χ4n) is 5.06. The molecule has 1 fully saturated rings. The van der Waals surface area contributed by atoms with Gasteiger partial charge in [-0.1, -0.05) is 12.1 Å². The Bertz CT molecular complexity index is 1150. The van der Waals surface area contributed by atoms with E-state index in [2.05, 4.69) is 22.4 Å². The molecule has 5 rings (SSSR count). The van der Waals surface area contributed by atoms with Crippen molar-refractivity contribution in [3.63, 3.8) is 0 Å². The van der Waals surface area contributed by atoms with E-state index >= 15 is 0 Å². The summed E-state index contributed by atoms with van der Waals surface area (Å²) in [6.07, 6.45) is 2.89. The number of nitrogens with one attached hydrogen (secondary N) is 2. The number of H-pyrrole nitrogens is 1. The zero-order valence-corrected chi connectivity index (χ0v) is 16.6. The molecule has 2 aliphatic rings. The van der Waals surface area contributed by atoms with Crippen LogP contribution in [0, 0.1) is 5.92 Å². The first-order valence-electron chi connectivity index (χ1n) is 9.77. The smallest absolute Gasteiger partial charge is 0.328 e. The summed E-state index contributed by atoms with van der Waals surface area (Å²) in [6.45, 7) is 1.37. The van der Waals surface area contributed by atoms with Crippen molar-refractivity contribution in [1.29, 1.82) is 0 Å². The molecule has 1 saturated heterocycles. The second-order valence-corrected chi connectivity index (χ2v) is 8.61. The number of nitrogens with zero attached hydrogens (tertiary/aromatic N) is 1. The van der Waals surface area contributed by atoms with Crippen LogP contribution in [0.25, 0.3) is 10.2 Å². The van der Waals surface area contributed by atoms with Crippen LogP contribution in [0.15, 0.2) is 39.2 Å². The number of hydrogen-bond acceptors (Lipinski definition) is 5. The van der Waals surface area contributed by atoms with E-state index in [9.17, 15) is 9.59 Å². The Kier molecular flexibility index (Phi) is 4.36. The molecular formula is C21H23N3O3S. The lowest BCUT2D eigenvalue weighted by atomic mass is 9.74.